The number of methoxy groups -OCH3 is 1. The minimum atomic E-state index is -0.390. The van der Waals surface area contributed by atoms with Crippen molar-refractivity contribution >= 4 is 17.7 Å². The Hall–Kier alpha value is -0.260. The van der Waals surface area contributed by atoms with Gasteiger partial charge in [0.2, 0.25) is 5.91 Å². The van der Waals surface area contributed by atoms with Gasteiger partial charge < -0.3 is 15.8 Å². The van der Waals surface area contributed by atoms with Gasteiger partial charge >= 0.3 is 0 Å². The van der Waals surface area contributed by atoms with Crippen molar-refractivity contribution in [2.24, 2.45) is 5.73 Å². The van der Waals surface area contributed by atoms with Crippen LogP contribution in [0.2, 0.25) is 0 Å². The van der Waals surface area contributed by atoms with Gasteiger partial charge in [0.25, 0.3) is 0 Å². The molecule has 1 aliphatic rings. The molecule has 0 saturated heterocycles. The van der Waals surface area contributed by atoms with Crippen LogP contribution in [0, 0.1) is 0 Å². The van der Waals surface area contributed by atoms with Crippen LogP contribution in [-0.4, -0.2) is 43.2 Å². The number of rotatable bonds is 7. The predicted octanol–water partition coefficient (Wildman–Crippen LogP) is 1.14. The lowest BCUT2D eigenvalue weighted by atomic mass is 10.1. The van der Waals surface area contributed by atoms with E-state index >= 15 is 0 Å². The number of nitrogens with two attached hydrogens (primary N) is 1. The largest absolute Gasteiger partial charge is 0.385 e. The molecule has 0 radical (unpaired) electrons. The van der Waals surface area contributed by atoms with E-state index in [2.05, 4.69) is 11.6 Å². The van der Waals surface area contributed by atoms with Gasteiger partial charge in [0.05, 0.1) is 6.04 Å². The van der Waals surface area contributed by atoms with Crippen LogP contribution in [0.3, 0.4) is 0 Å². The lowest BCUT2D eigenvalue weighted by molar-refractivity contribution is -0.123. The summed E-state index contributed by atoms with van der Waals surface area (Å²) in [4.78, 5) is 11.8. The van der Waals surface area contributed by atoms with Crippen LogP contribution in [0.15, 0.2) is 0 Å². The molecule has 0 aromatic carbocycles. The average molecular weight is 260 g/mol. The summed E-state index contributed by atoms with van der Waals surface area (Å²) in [5.74, 6) is -0.00661. The van der Waals surface area contributed by atoms with Crippen molar-refractivity contribution in [1.29, 1.82) is 0 Å². The fourth-order valence-electron chi connectivity index (χ4n) is 2.17. The molecule has 4 nitrogen and oxygen atoms in total. The van der Waals surface area contributed by atoms with Gasteiger partial charge in [-0.05, 0) is 38.4 Å². The monoisotopic (exact) mass is 260 g/mol. The Bertz CT molecular complexity index is 239. The van der Waals surface area contributed by atoms with Gasteiger partial charge in [0, 0.05) is 25.0 Å². The second-order valence-corrected chi connectivity index (χ2v) is 5.76. The summed E-state index contributed by atoms with van der Waals surface area (Å²) >= 11 is 1.89. The van der Waals surface area contributed by atoms with E-state index < -0.39 is 6.04 Å². The van der Waals surface area contributed by atoms with Gasteiger partial charge in [0.15, 0.2) is 0 Å². The molecule has 0 aromatic rings. The smallest absolute Gasteiger partial charge is 0.237 e. The molecule has 5 heteroatoms. The van der Waals surface area contributed by atoms with Crippen LogP contribution in [0.4, 0.5) is 0 Å². The predicted molar refractivity (Wildman–Crippen MR) is 72.2 cm³/mol. The van der Waals surface area contributed by atoms with Crippen LogP contribution in [-0.2, 0) is 9.53 Å². The second kappa shape index (κ2) is 7.95. The summed E-state index contributed by atoms with van der Waals surface area (Å²) in [6.07, 6.45) is 7.03. The molecule has 1 amide bonds. The molecule has 17 heavy (non-hydrogen) atoms. The molecular formula is C12H24N2O2S. The zero-order valence-electron chi connectivity index (χ0n) is 10.8. The van der Waals surface area contributed by atoms with Crippen LogP contribution < -0.4 is 11.1 Å². The lowest BCUT2D eigenvalue weighted by Crippen LogP contribution is -2.44. The van der Waals surface area contributed by atoms with Gasteiger partial charge in [-0.3, -0.25) is 4.79 Å². The van der Waals surface area contributed by atoms with Gasteiger partial charge in [-0.15, -0.1) is 0 Å². The molecule has 1 saturated carbocycles. The maximum Gasteiger partial charge on any atom is 0.237 e. The Labute approximate surface area is 108 Å². The third kappa shape index (κ3) is 5.27. The number of nitrogens with one attached hydrogen (secondary N) is 1. The Kier molecular flexibility index (Phi) is 6.92. The SMILES string of the molecule is COCCCC(N)C(=O)NC1CCC(SC)C1. The second-order valence-electron chi connectivity index (χ2n) is 4.62. The summed E-state index contributed by atoms with van der Waals surface area (Å²) in [5.41, 5.74) is 5.83. The van der Waals surface area contributed by atoms with E-state index in [1.54, 1.807) is 7.11 Å². The summed E-state index contributed by atoms with van der Waals surface area (Å²) in [6, 6.07) is -0.0631. The standard InChI is InChI=1S/C12H24N2O2S/c1-16-7-3-4-11(13)12(15)14-9-5-6-10(8-9)17-2/h9-11H,3-8,13H2,1-2H3,(H,14,15). The van der Waals surface area contributed by atoms with Crippen LogP contribution in [0.25, 0.3) is 0 Å². The van der Waals surface area contributed by atoms with E-state index in [1.807, 2.05) is 11.8 Å². The van der Waals surface area contributed by atoms with Crippen molar-refractivity contribution in [3.05, 3.63) is 0 Å². The first-order chi connectivity index (χ1) is 8.17. The third-order valence-electron chi connectivity index (χ3n) is 3.26. The van der Waals surface area contributed by atoms with E-state index in [4.69, 9.17) is 10.5 Å². The molecule has 0 aliphatic heterocycles. The zero-order chi connectivity index (χ0) is 12.7. The first kappa shape index (κ1) is 14.8. The fraction of sp³-hybridized carbons (Fsp3) is 0.917. The molecule has 3 N–H and O–H groups in total. The highest BCUT2D eigenvalue weighted by Gasteiger charge is 2.26. The normalized spacial score (nSPS) is 25.8. The van der Waals surface area contributed by atoms with Gasteiger partial charge in [-0.25, -0.2) is 0 Å². The number of thioether (sulfide) groups is 1. The van der Waals surface area contributed by atoms with Gasteiger partial charge in [0.1, 0.15) is 0 Å². The molecule has 3 unspecified atom stereocenters. The van der Waals surface area contributed by atoms with Gasteiger partial charge in [-0.2, -0.15) is 11.8 Å². The number of carbonyl (C=O) groups is 1. The highest BCUT2D eigenvalue weighted by molar-refractivity contribution is 7.99. The molecule has 1 aliphatic carbocycles. The average Bonchev–Trinajstić information content (AvgIpc) is 2.77. The van der Waals surface area contributed by atoms with E-state index in [0.29, 0.717) is 24.3 Å². The number of ether oxygens (including phenoxy) is 1. The van der Waals surface area contributed by atoms with Crippen LogP contribution in [0.5, 0.6) is 0 Å². The van der Waals surface area contributed by atoms with E-state index in [9.17, 15) is 4.79 Å². The minimum absolute atomic E-state index is 0.00661. The molecule has 0 aromatic heterocycles. The van der Waals surface area contributed by atoms with E-state index in [0.717, 1.165) is 19.3 Å². The van der Waals surface area contributed by atoms with Gasteiger partial charge in [-0.1, -0.05) is 0 Å². The lowest BCUT2D eigenvalue weighted by Gasteiger charge is -2.16. The maximum absolute atomic E-state index is 11.8. The topological polar surface area (TPSA) is 64.3 Å². The Morgan fingerprint density at radius 1 is 1.59 bits per heavy atom. The number of carbonyl (C=O) groups excluding carboxylic acids is 1. The Morgan fingerprint density at radius 2 is 2.35 bits per heavy atom. The van der Waals surface area contributed by atoms with Crippen molar-refractivity contribution in [2.75, 3.05) is 20.0 Å². The Balaban J connectivity index is 2.19. The molecule has 1 fully saturated rings. The summed E-state index contributed by atoms with van der Waals surface area (Å²) in [5, 5.41) is 3.75. The molecule has 3 atom stereocenters. The molecule has 1 rings (SSSR count). The maximum atomic E-state index is 11.8. The van der Waals surface area contributed by atoms with E-state index in [-0.39, 0.29) is 5.91 Å². The van der Waals surface area contributed by atoms with Crippen molar-refractivity contribution in [3.8, 4) is 0 Å². The minimum Gasteiger partial charge on any atom is -0.385 e. The zero-order valence-corrected chi connectivity index (χ0v) is 11.6. The quantitative estimate of drug-likeness (QED) is 0.674. The number of hydrogen-bond donors (Lipinski definition) is 2. The third-order valence-corrected chi connectivity index (χ3v) is 4.36. The van der Waals surface area contributed by atoms with E-state index in [1.165, 1.54) is 6.42 Å². The number of hydrogen-bond acceptors (Lipinski definition) is 4. The molecular weight excluding hydrogens is 236 g/mol. The molecule has 0 bridgehead atoms. The van der Waals surface area contributed by atoms with Crippen molar-refractivity contribution < 1.29 is 9.53 Å². The summed E-state index contributed by atoms with van der Waals surface area (Å²) in [7, 11) is 1.66. The molecule has 0 heterocycles. The molecule has 100 valence electrons. The molecule has 0 spiro atoms. The first-order valence-electron chi connectivity index (χ1n) is 6.25. The van der Waals surface area contributed by atoms with Crippen LogP contribution in [0.1, 0.15) is 32.1 Å². The highest BCUT2D eigenvalue weighted by atomic mass is 32.2. The highest BCUT2D eigenvalue weighted by Crippen LogP contribution is 2.28. The van der Waals surface area contributed by atoms with Crippen LogP contribution >= 0.6 is 11.8 Å². The summed E-state index contributed by atoms with van der Waals surface area (Å²) in [6.45, 7) is 0.666. The Morgan fingerprint density at radius 3 is 2.94 bits per heavy atom. The first-order valence-corrected chi connectivity index (χ1v) is 7.53. The van der Waals surface area contributed by atoms with Crippen molar-refractivity contribution in [3.63, 3.8) is 0 Å². The number of amides is 1. The summed E-state index contributed by atoms with van der Waals surface area (Å²) < 4.78 is 4.94. The fourth-order valence-corrected chi connectivity index (χ4v) is 2.97. The van der Waals surface area contributed by atoms with Crippen molar-refractivity contribution in [1.82, 2.24) is 5.32 Å². The van der Waals surface area contributed by atoms with Crippen molar-refractivity contribution in [2.45, 2.75) is 49.4 Å².